The summed E-state index contributed by atoms with van der Waals surface area (Å²) in [6.45, 7) is 3.14. The largest absolute Gasteiger partial charge is 0.419 e. The van der Waals surface area contributed by atoms with Crippen molar-refractivity contribution in [3.63, 3.8) is 0 Å². The molecule has 0 spiro atoms. The fourth-order valence-electron chi connectivity index (χ4n) is 0.575. The van der Waals surface area contributed by atoms with Gasteiger partial charge in [0.2, 0.25) is 6.29 Å². The lowest BCUT2D eigenvalue weighted by Gasteiger charge is -2.11. The summed E-state index contributed by atoms with van der Waals surface area (Å²) in [7, 11) is 2.54. The van der Waals surface area contributed by atoms with Crippen LogP contribution in [-0.4, -0.2) is 32.5 Å². The van der Waals surface area contributed by atoms with E-state index in [0.717, 1.165) is 6.26 Å². The smallest absolute Gasteiger partial charge is 0.418 e. The van der Waals surface area contributed by atoms with Crippen molar-refractivity contribution in [2.24, 2.45) is 0 Å². The van der Waals surface area contributed by atoms with E-state index in [1.54, 1.807) is 0 Å². The van der Waals surface area contributed by atoms with Crippen LogP contribution in [0.3, 0.4) is 0 Å². The van der Waals surface area contributed by atoms with Gasteiger partial charge in [0.25, 0.3) is 5.91 Å². The molecule has 0 saturated heterocycles. The predicted molar refractivity (Wildman–Crippen MR) is 42.6 cm³/mol. The second-order valence-corrected chi connectivity index (χ2v) is 1.86. The van der Waals surface area contributed by atoms with E-state index in [4.69, 9.17) is 0 Å². The van der Waals surface area contributed by atoms with Crippen molar-refractivity contribution in [1.29, 1.82) is 0 Å². The molecule has 0 aromatic carbocycles. The zero-order chi connectivity index (χ0) is 10.3. The lowest BCUT2D eigenvalue weighted by atomic mass is 10.6. The summed E-state index contributed by atoms with van der Waals surface area (Å²) in [6, 6.07) is 0. The first kappa shape index (κ1) is 11.6. The lowest BCUT2D eigenvalue weighted by Crippen LogP contribution is -2.40. The summed E-state index contributed by atoms with van der Waals surface area (Å²) in [5.41, 5.74) is 0. The maximum atomic E-state index is 11.0. The zero-order valence-corrected chi connectivity index (χ0v) is 7.40. The number of carbonyl (C=O) groups is 2. The van der Waals surface area contributed by atoms with E-state index in [0.29, 0.717) is 0 Å². The molecular formula is C7H11NO5. The summed E-state index contributed by atoms with van der Waals surface area (Å²) < 4.78 is 13.4. The number of ether oxygens (including phenoxy) is 3. The Labute approximate surface area is 75.5 Å². The van der Waals surface area contributed by atoms with Gasteiger partial charge in [0, 0.05) is 14.2 Å². The Morgan fingerprint density at radius 2 is 1.92 bits per heavy atom. The van der Waals surface area contributed by atoms with E-state index < -0.39 is 18.3 Å². The highest BCUT2D eigenvalue weighted by molar-refractivity contribution is 5.93. The van der Waals surface area contributed by atoms with Crippen molar-refractivity contribution in [3.05, 3.63) is 12.8 Å². The molecule has 0 aromatic rings. The Bertz CT molecular complexity index is 199. The fourth-order valence-corrected chi connectivity index (χ4v) is 0.575. The number of nitrogens with one attached hydrogen (secondary N) is 1. The van der Waals surface area contributed by atoms with Gasteiger partial charge in [-0.05, 0) is 0 Å². The molecule has 0 rings (SSSR count). The summed E-state index contributed by atoms with van der Waals surface area (Å²) in [4.78, 5) is 21.6. The number of hydrogen-bond acceptors (Lipinski definition) is 5. The molecule has 6 nitrogen and oxygen atoms in total. The third-order valence-corrected chi connectivity index (χ3v) is 1.06. The highest BCUT2D eigenvalue weighted by atomic mass is 16.7. The molecule has 0 aliphatic carbocycles. The number of methoxy groups -OCH3 is 2. The highest BCUT2D eigenvalue weighted by Crippen LogP contribution is 1.90. The van der Waals surface area contributed by atoms with E-state index in [2.05, 4.69) is 20.8 Å². The Kier molecular flexibility index (Phi) is 5.49. The molecular weight excluding hydrogens is 178 g/mol. The summed E-state index contributed by atoms with van der Waals surface area (Å²) in [5, 5.41) is 1.86. The summed E-state index contributed by atoms with van der Waals surface area (Å²) >= 11 is 0. The monoisotopic (exact) mass is 189 g/mol. The quantitative estimate of drug-likeness (QED) is 0.497. The lowest BCUT2D eigenvalue weighted by molar-refractivity contribution is -0.158. The minimum Gasteiger partial charge on any atom is -0.419 e. The number of rotatable bonds is 4. The topological polar surface area (TPSA) is 73.9 Å². The molecule has 0 aliphatic heterocycles. The number of alkyl carbamates (subject to hydrolysis) is 1. The molecule has 0 radical (unpaired) electrons. The van der Waals surface area contributed by atoms with Gasteiger partial charge >= 0.3 is 6.09 Å². The van der Waals surface area contributed by atoms with Crippen LogP contribution < -0.4 is 5.32 Å². The Morgan fingerprint density at radius 1 is 1.38 bits per heavy atom. The molecule has 0 atom stereocenters. The van der Waals surface area contributed by atoms with Crippen LogP contribution in [0.4, 0.5) is 4.79 Å². The van der Waals surface area contributed by atoms with E-state index in [-0.39, 0.29) is 0 Å². The van der Waals surface area contributed by atoms with Crippen LogP contribution >= 0.6 is 0 Å². The first-order chi connectivity index (χ1) is 6.15. The molecule has 0 saturated carbocycles. The first-order valence-corrected chi connectivity index (χ1v) is 3.33. The molecule has 6 heteroatoms. The van der Waals surface area contributed by atoms with E-state index >= 15 is 0 Å². The molecule has 0 aliphatic rings. The minimum atomic E-state index is -1.13. The van der Waals surface area contributed by atoms with Crippen LogP contribution in [0.25, 0.3) is 0 Å². The minimum absolute atomic E-state index is 0.739. The van der Waals surface area contributed by atoms with Crippen LogP contribution in [0.2, 0.25) is 0 Å². The van der Waals surface area contributed by atoms with Crippen molar-refractivity contribution >= 4 is 12.0 Å². The van der Waals surface area contributed by atoms with Crippen LogP contribution in [0.15, 0.2) is 12.8 Å². The summed E-state index contributed by atoms with van der Waals surface area (Å²) in [6.07, 6.45) is -1.16. The number of amides is 2. The van der Waals surface area contributed by atoms with Gasteiger partial charge in [-0.1, -0.05) is 6.58 Å². The normalized spacial score (nSPS) is 9.46. The zero-order valence-electron chi connectivity index (χ0n) is 7.40. The molecule has 0 bridgehead atoms. The molecule has 0 aromatic heterocycles. The molecule has 13 heavy (non-hydrogen) atoms. The number of hydrogen-bond donors (Lipinski definition) is 1. The van der Waals surface area contributed by atoms with Gasteiger partial charge in [0.1, 0.15) is 0 Å². The Morgan fingerprint density at radius 3 is 2.31 bits per heavy atom. The van der Waals surface area contributed by atoms with Crippen molar-refractivity contribution in [2.45, 2.75) is 6.29 Å². The van der Waals surface area contributed by atoms with Crippen LogP contribution in [0, 0.1) is 0 Å². The molecule has 2 amide bonds. The maximum Gasteiger partial charge on any atom is 0.418 e. The van der Waals surface area contributed by atoms with Crippen LogP contribution in [0.5, 0.6) is 0 Å². The summed E-state index contributed by atoms with van der Waals surface area (Å²) in [5.74, 6) is -0.739. The van der Waals surface area contributed by atoms with E-state index in [9.17, 15) is 9.59 Å². The van der Waals surface area contributed by atoms with Gasteiger partial charge in [-0.2, -0.15) is 0 Å². The van der Waals surface area contributed by atoms with Crippen molar-refractivity contribution in [1.82, 2.24) is 5.32 Å². The van der Waals surface area contributed by atoms with Gasteiger partial charge in [0.15, 0.2) is 0 Å². The Hall–Kier alpha value is -1.40. The molecule has 1 N–H and O–H groups in total. The Balaban J connectivity index is 3.97. The standard InChI is InChI=1S/C7H11NO5/c1-4-13-7(10)8-5(9)6(11-2)12-3/h4,6H,1H2,2-3H3,(H,8,9,10). The van der Waals surface area contributed by atoms with Crippen molar-refractivity contribution in [3.8, 4) is 0 Å². The molecule has 0 unspecified atom stereocenters. The second-order valence-electron chi connectivity index (χ2n) is 1.86. The van der Waals surface area contributed by atoms with Gasteiger partial charge in [-0.3, -0.25) is 10.1 Å². The third-order valence-electron chi connectivity index (χ3n) is 1.06. The number of imide groups is 1. The van der Waals surface area contributed by atoms with E-state index in [1.165, 1.54) is 14.2 Å². The van der Waals surface area contributed by atoms with E-state index in [1.807, 2.05) is 5.32 Å². The van der Waals surface area contributed by atoms with Crippen LogP contribution in [0.1, 0.15) is 0 Å². The van der Waals surface area contributed by atoms with Gasteiger partial charge in [0.05, 0.1) is 6.26 Å². The number of carbonyl (C=O) groups excluding carboxylic acids is 2. The van der Waals surface area contributed by atoms with Crippen molar-refractivity contribution in [2.75, 3.05) is 14.2 Å². The predicted octanol–water partition coefficient (Wildman–Crippen LogP) is 0.00160. The average molecular weight is 189 g/mol. The SMILES string of the molecule is C=COC(=O)NC(=O)C(OC)OC. The van der Waals surface area contributed by atoms with Crippen LogP contribution in [-0.2, 0) is 19.0 Å². The molecule has 0 fully saturated rings. The maximum absolute atomic E-state index is 11.0. The third kappa shape index (κ3) is 4.24. The van der Waals surface area contributed by atoms with Crippen molar-refractivity contribution < 1.29 is 23.8 Å². The fraction of sp³-hybridized carbons (Fsp3) is 0.429. The highest BCUT2D eigenvalue weighted by Gasteiger charge is 2.19. The van der Waals surface area contributed by atoms with Gasteiger partial charge < -0.3 is 14.2 Å². The average Bonchev–Trinajstić information content (AvgIpc) is 2.06. The first-order valence-electron chi connectivity index (χ1n) is 3.33. The molecule has 0 heterocycles. The second kappa shape index (κ2) is 6.15. The van der Waals surface area contributed by atoms with Gasteiger partial charge in [-0.25, -0.2) is 4.79 Å². The molecule has 74 valence electrons. The van der Waals surface area contributed by atoms with Gasteiger partial charge in [-0.15, -0.1) is 0 Å².